The quantitative estimate of drug-likeness (QED) is 0.812. The zero-order chi connectivity index (χ0) is 17.1. The summed E-state index contributed by atoms with van der Waals surface area (Å²) < 4.78 is 4.98. The van der Waals surface area contributed by atoms with Gasteiger partial charge in [-0.25, -0.2) is 9.59 Å². The minimum Gasteiger partial charge on any atom is -0.452 e. The number of carbonyl (C=O) groups is 4. The van der Waals surface area contributed by atoms with E-state index in [1.54, 1.807) is 29.2 Å². The van der Waals surface area contributed by atoms with E-state index in [1.807, 2.05) is 0 Å². The van der Waals surface area contributed by atoms with Crippen LogP contribution >= 0.6 is 0 Å². The summed E-state index contributed by atoms with van der Waals surface area (Å²) in [5.41, 5.74) is 0.892. The molecule has 0 aromatic heterocycles. The van der Waals surface area contributed by atoms with Gasteiger partial charge in [-0.2, -0.15) is 0 Å². The summed E-state index contributed by atoms with van der Waals surface area (Å²) in [6.07, 6.45) is 1.29. The molecule has 0 saturated carbocycles. The number of urea groups is 1. The predicted molar refractivity (Wildman–Crippen MR) is 83.4 cm³/mol. The molecule has 24 heavy (non-hydrogen) atoms. The van der Waals surface area contributed by atoms with Gasteiger partial charge in [0.2, 0.25) is 5.91 Å². The van der Waals surface area contributed by atoms with Crippen molar-refractivity contribution >= 4 is 29.5 Å². The Morgan fingerprint density at radius 1 is 1.21 bits per heavy atom. The number of nitrogens with one attached hydrogen (secondary N) is 1. The van der Waals surface area contributed by atoms with E-state index in [2.05, 4.69) is 5.32 Å². The van der Waals surface area contributed by atoms with E-state index in [4.69, 9.17) is 4.74 Å². The standard InChI is InChI=1S/C16H17N3O5/c20-13-5-2-7-18(13)12-4-1-3-11(9-12)15(22)24-10-14(21)19-8-6-17-16(19)23/h1,3-4,9H,2,5-8,10H2,(H,17,23). The van der Waals surface area contributed by atoms with E-state index in [1.165, 1.54) is 0 Å². The number of imide groups is 1. The number of benzene rings is 1. The fourth-order valence-corrected chi connectivity index (χ4v) is 2.72. The normalized spacial score (nSPS) is 17.2. The lowest BCUT2D eigenvalue weighted by atomic mass is 10.2. The van der Waals surface area contributed by atoms with Gasteiger partial charge in [-0.1, -0.05) is 6.07 Å². The Morgan fingerprint density at radius 3 is 2.71 bits per heavy atom. The minimum absolute atomic E-state index is 0.0238. The third kappa shape index (κ3) is 3.22. The number of esters is 1. The molecule has 0 bridgehead atoms. The average molecular weight is 331 g/mol. The molecule has 4 amide bonds. The molecule has 2 saturated heterocycles. The molecule has 2 fully saturated rings. The first-order valence-electron chi connectivity index (χ1n) is 7.72. The molecule has 0 aliphatic carbocycles. The summed E-state index contributed by atoms with van der Waals surface area (Å²) in [6, 6.07) is 6.05. The first-order valence-corrected chi connectivity index (χ1v) is 7.72. The van der Waals surface area contributed by atoms with Crippen LogP contribution in [0.1, 0.15) is 23.2 Å². The maximum atomic E-state index is 12.1. The number of rotatable bonds is 4. The number of nitrogens with zero attached hydrogens (tertiary/aromatic N) is 2. The van der Waals surface area contributed by atoms with Crippen molar-refractivity contribution in [1.29, 1.82) is 0 Å². The first-order chi connectivity index (χ1) is 11.6. The van der Waals surface area contributed by atoms with Crippen LogP contribution in [0.5, 0.6) is 0 Å². The molecule has 3 rings (SSSR count). The lowest BCUT2D eigenvalue weighted by Crippen LogP contribution is -2.37. The molecule has 0 spiro atoms. The van der Waals surface area contributed by atoms with Crippen molar-refractivity contribution in [3.05, 3.63) is 29.8 Å². The van der Waals surface area contributed by atoms with Gasteiger partial charge >= 0.3 is 12.0 Å². The molecule has 2 heterocycles. The van der Waals surface area contributed by atoms with Crippen LogP contribution in [-0.2, 0) is 14.3 Å². The van der Waals surface area contributed by atoms with Gasteiger partial charge in [0.15, 0.2) is 6.61 Å². The van der Waals surface area contributed by atoms with Crippen LogP contribution in [0, 0.1) is 0 Å². The summed E-state index contributed by atoms with van der Waals surface area (Å²) in [5.74, 6) is -1.21. The fraction of sp³-hybridized carbons (Fsp3) is 0.375. The predicted octanol–water partition coefficient (Wildman–Crippen LogP) is 0.522. The molecule has 0 unspecified atom stereocenters. The third-order valence-corrected chi connectivity index (χ3v) is 3.95. The SMILES string of the molecule is O=C(OCC(=O)N1CCNC1=O)c1cccc(N2CCCC2=O)c1. The Hall–Kier alpha value is -2.90. The van der Waals surface area contributed by atoms with Crippen molar-refractivity contribution in [2.45, 2.75) is 12.8 Å². The maximum Gasteiger partial charge on any atom is 0.338 e. The van der Waals surface area contributed by atoms with E-state index in [-0.39, 0.29) is 18.0 Å². The zero-order valence-electron chi connectivity index (χ0n) is 13.0. The molecule has 0 radical (unpaired) electrons. The lowest BCUT2D eigenvalue weighted by Gasteiger charge is -2.16. The number of carbonyl (C=O) groups excluding carboxylic acids is 4. The maximum absolute atomic E-state index is 12.1. The molecule has 1 aromatic carbocycles. The number of ether oxygens (including phenoxy) is 1. The topological polar surface area (TPSA) is 96.0 Å². The van der Waals surface area contributed by atoms with Crippen LogP contribution < -0.4 is 10.2 Å². The van der Waals surface area contributed by atoms with Crippen molar-refractivity contribution in [1.82, 2.24) is 10.2 Å². The van der Waals surface area contributed by atoms with E-state index >= 15 is 0 Å². The highest BCUT2D eigenvalue weighted by Gasteiger charge is 2.27. The Balaban J connectivity index is 1.62. The largest absolute Gasteiger partial charge is 0.452 e. The van der Waals surface area contributed by atoms with Crippen LogP contribution in [-0.4, -0.2) is 55.0 Å². The Bertz CT molecular complexity index is 703. The van der Waals surface area contributed by atoms with E-state index in [0.29, 0.717) is 25.2 Å². The minimum atomic E-state index is -0.670. The van der Waals surface area contributed by atoms with Gasteiger partial charge in [-0.15, -0.1) is 0 Å². The average Bonchev–Trinajstić information content (AvgIpc) is 3.20. The number of anilines is 1. The van der Waals surface area contributed by atoms with E-state index < -0.39 is 24.5 Å². The lowest BCUT2D eigenvalue weighted by molar-refractivity contribution is -0.130. The second-order valence-corrected chi connectivity index (χ2v) is 5.55. The molecule has 8 heteroatoms. The molecular formula is C16H17N3O5. The van der Waals surface area contributed by atoms with Crippen LogP contribution in [0.4, 0.5) is 10.5 Å². The van der Waals surface area contributed by atoms with Gasteiger partial charge in [0.25, 0.3) is 5.91 Å². The van der Waals surface area contributed by atoms with E-state index in [0.717, 1.165) is 11.3 Å². The molecule has 2 aliphatic rings. The number of hydrogen-bond donors (Lipinski definition) is 1. The van der Waals surface area contributed by atoms with Crippen molar-refractivity contribution in [3.63, 3.8) is 0 Å². The van der Waals surface area contributed by atoms with Crippen molar-refractivity contribution in [3.8, 4) is 0 Å². The van der Waals surface area contributed by atoms with Gasteiger partial charge in [-0.05, 0) is 24.6 Å². The molecule has 126 valence electrons. The highest BCUT2D eigenvalue weighted by Crippen LogP contribution is 2.22. The summed E-state index contributed by atoms with van der Waals surface area (Å²) in [4.78, 5) is 49.7. The summed E-state index contributed by atoms with van der Waals surface area (Å²) in [5, 5.41) is 2.50. The van der Waals surface area contributed by atoms with Crippen molar-refractivity contribution in [2.75, 3.05) is 31.1 Å². The number of amides is 4. The van der Waals surface area contributed by atoms with Crippen LogP contribution in [0.15, 0.2) is 24.3 Å². The molecule has 1 aromatic rings. The van der Waals surface area contributed by atoms with Gasteiger partial charge in [0.1, 0.15) is 0 Å². The van der Waals surface area contributed by atoms with Crippen molar-refractivity contribution in [2.24, 2.45) is 0 Å². The van der Waals surface area contributed by atoms with Crippen molar-refractivity contribution < 1.29 is 23.9 Å². The zero-order valence-corrected chi connectivity index (χ0v) is 13.0. The molecule has 0 atom stereocenters. The highest BCUT2D eigenvalue weighted by molar-refractivity contribution is 5.99. The van der Waals surface area contributed by atoms with Crippen LogP contribution in [0.25, 0.3) is 0 Å². The highest BCUT2D eigenvalue weighted by atomic mass is 16.5. The van der Waals surface area contributed by atoms with Crippen LogP contribution in [0.3, 0.4) is 0 Å². The van der Waals surface area contributed by atoms with Crippen LogP contribution in [0.2, 0.25) is 0 Å². The molecule has 1 N–H and O–H groups in total. The molecule has 2 aliphatic heterocycles. The number of hydrogen-bond acceptors (Lipinski definition) is 5. The summed E-state index contributed by atoms with van der Waals surface area (Å²) in [6.45, 7) is 0.783. The monoisotopic (exact) mass is 331 g/mol. The van der Waals surface area contributed by atoms with Gasteiger partial charge in [0, 0.05) is 31.7 Å². The second-order valence-electron chi connectivity index (χ2n) is 5.55. The second kappa shape index (κ2) is 6.69. The Labute approximate surface area is 138 Å². The smallest absolute Gasteiger partial charge is 0.338 e. The summed E-state index contributed by atoms with van der Waals surface area (Å²) in [7, 11) is 0. The van der Waals surface area contributed by atoms with Gasteiger partial charge in [0.05, 0.1) is 5.56 Å². The third-order valence-electron chi connectivity index (χ3n) is 3.95. The van der Waals surface area contributed by atoms with Gasteiger partial charge < -0.3 is 15.0 Å². The van der Waals surface area contributed by atoms with E-state index in [9.17, 15) is 19.2 Å². The Kier molecular flexibility index (Phi) is 4.45. The fourth-order valence-electron chi connectivity index (χ4n) is 2.72. The molecular weight excluding hydrogens is 314 g/mol. The Morgan fingerprint density at radius 2 is 2.04 bits per heavy atom. The van der Waals surface area contributed by atoms with Gasteiger partial charge in [-0.3, -0.25) is 14.5 Å². The summed E-state index contributed by atoms with van der Waals surface area (Å²) >= 11 is 0. The molecule has 8 nitrogen and oxygen atoms in total. The first kappa shape index (κ1) is 16.0.